The Labute approximate surface area is 145 Å². The van der Waals surface area contributed by atoms with Crippen LogP contribution in [0.2, 0.25) is 0 Å². The molecule has 1 aromatic carbocycles. The molecule has 1 aliphatic heterocycles. The number of rotatable bonds is 4. The van der Waals surface area contributed by atoms with Crippen molar-refractivity contribution in [1.82, 2.24) is 5.48 Å². The van der Waals surface area contributed by atoms with E-state index in [9.17, 15) is 9.59 Å². The van der Waals surface area contributed by atoms with E-state index >= 15 is 0 Å². The van der Waals surface area contributed by atoms with Gasteiger partial charge in [0, 0.05) is 17.0 Å². The van der Waals surface area contributed by atoms with Crippen LogP contribution in [0.3, 0.4) is 0 Å². The zero-order chi connectivity index (χ0) is 17.1. The quantitative estimate of drug-likeness (QED) is 0.867. The van der Waals surface area contributed by atoms with E-state index in [1.54, 1.807) is 16.2 Å². The Bertz CT molecular complexity index is 712. The molecular weight excluding hydrogens is 324 g/mol. The lowest BCUT2D eigenvalue weighted by Gasteiger charge is -2.40. The Balaban J connectivity index is 2.03. The van der Waals surface area contributed by atoms with Gasteiger partial charge in [-0.3, -0.25) is 14.4 Å². The van der Waals surface area contributed by atoms with E-state index in [1.165, 1.54) is 7.11 Å². The molecule has 6 heteroatoms. The van der Waals surface area contributed by atoms with E-state index in [1.807, 2.05) is 48.7 Å². The Morgan fingerprint density at radius 1 is 1.29 bits per heavy atom. The third kappa shape index (κ3) is 3.20. The van der Waals surface area contributed by atoms with Gasteiger partial charge in [0.2, 0.25) is 11.8 Å². The minimum atomic E-state index is -0.345. The van der Waals surface area contributed by atoms with Crippen molar-refractivity contribution in [1.29, 1.82) is 0 Å². The predicted octanol–water partition coefficient (Wildman–Crippen LogP) is 3.22. The minimum absolute atomic E-state index is 0.0405. The van der Waals surface area contributed by atoms with Crippen molar-refractivity contribution in [2.24, 2.45) is 5.92 Å². The van der Waals surface area contributed by atoms with Crippen LogP contribution in [-0.2, 0) is 14.4 Å². The van der Waals surface area contributed by atoms with E-state index in [4.69, 9.17) is 4.84 Å². The first-order chi connectivity index (χ1) is 11.6. The highest BCUT2D eigenvalue weighted by Gasteiger charge is 2.42. The summed E-state index contributed by atoms with van der Waals surface area (Å²) >= 11 is 1.56. The predicted molar refractivity (Wildman–Crippen MR) is 93.6 cm³/mol. The molecule has 0 spiro atoms. The number of carbonyl (C=O) groups excluding carboxylic acids is 2. The summed E-state index contributed by atoms with van der Waals surface area (Å²) in [6.07, 6.45) is 0.858. The summed E-state index contributed by atoms with van der Waals surface area (Å²) in [5.74, 6) is -0.498. The van der Waals surface area contributed by atoms with E-state index in [2.05, 4.69) is 5.48 Å². The lowest BCUT2D eigenvalue weighted by molar-refractivity contribution is -0.138. The van der Waals surface area contributed by atoms with E-state index in [0.717, 1.165) is 16.1 Å². The molecule has 2 heterocycles. The summed E-state index contributed by atoms with van der Waals surface area (Å²) < 4.78 is 0. The maximum absolute atomic E-state index is 12.7. The Hall–Kier alpha value is -2.18. The van der Waals surface area contributed by atoms with Crippen molar-refractivity contribution in [2.75, 3.05) is 12.0 Å². The van der Waals surface area contributed by atoms with Crippen LogP contribution in [-0.4, -0.2) is 18.9 Å². The Morgan fingerprint density at radius 2 is 2.04 bits per heavy atom. The first-order valence-corrected chi connectivity index (χ1v) is 8.74. The average Bonchev–Trinajstić information content (AvgIpc) is 3.10. The number of nitrogens with zero attached hydrogens (tertiary/aromatic N) is 1. The molecule has 2 amide bonds. The van der Waals surface area contributed by atoms with Crippen LogP contribution in [0.25, 0.3) is 0 Å². The van der Waals surface area contributed by atoms with Crippen molar-refractivity contribution < 1.29 is 14.4 Å². The van der Waals surface area contributed by atoms with E-state index in [0.29, 0.717) is 12.8 Å². The summed E-state index contributed by atoms with van der Waals surface area (Å²) in [6, 6.07) is 11.4. The molecule has 24 heavy (non-hydrogen) atoms. The standard InChI is InChI=1S/C18H20N2O3S/c1-12-5-7-13(8-6-12)20-16(21)10-9-14(18(22)19-23-2)17(20)15-4-3-11-24-15/h3-8,11,14,17H,9-10H2,1-2H3,(H,19,22)/t14-,17-/m0/s1. The van der Waals surface area contributed by atoms with Gasteiger partial charge in [-0.1, -0.05) is 23.8 Å². The van der Waals surface area contributed by atoms with E-state index < -0.39 is 0 Å². The van der Waals surface area contributed by atoms with Gasteiger partial charge in [-0.2, -0.15) is 0 Å². The van der Waals surface area contributed by atoms with Crippen molar-refractivity contribution >= 4 is 28.8 Å². The van der Waals surface area contributed by atoms with Crippen LogP contribution < -0.4 is 10.4 Å². The second-order valence-corrected chi connectivity index (χ2v) is 6.85. The summed E-state index contributed by atoms with van der Waals surface area (Å²) in [7, 11) is 1.42. The third-order valence-electron chi connectivity index (χ3n) is 4.28. The fraction of sp³-hybridized carbons (Fsp3) is 0.333. The summed E-state index contributed by atoms with van der Waals surface area (Å²) in [6.45, 7) is 2.01. The monoisotopic (exact) mass is 344 g/mol. The van der Waals surface area contributed by atoms with Crippen LogP contribution in [0.15, 0.2) is 41.8 Å². The fourth-order valence-electron chi connectivity index (χ4n) is 3.14. The number of aryl methyl sites for hydroxylation is 1. The van der Waals surface area contributed by atoms with Crippen molar-refractivity contribution in [3.05, 3.63) is 52.2 Å². The van der Waals surface area contributed by atoms with E-state index in [-0.39, 0.29) is 23.8 Å². The van der Waals surface area contributed by atoms with Gasteiger partial charge < -0.3 is 4.90 Å². The first-order valence-electron chi connectivity index (χ1n) is 7.87. The highest BCUT2D eigenvalue weighted by atomic mass is 32.1. The topological polar surface area (TPSA) is 58.6 Å². The van der Waals surface area contributed by atoms with Gasteiger partial charge in [-0.25, -0.2) is 5.48 Å². The van der Waals surface area contributed by atoms with Gasteiger partial charge in [-0.15, -0.1) is 11.3 Å². The number of benzene rings is 1. The largest absolute Gasteiger partial charge is 0.303 e. The molecule has 2 atom stereocenters. The van der Waals surface area contributed by atoms with Crippen LogP contribution in [0.5, 0.6) is 0 Å². The fourth-order valence-corrected chi connectivity index (χ4v) is 4.02. The molecule has 0 unspecified atom stereocenters. The maximum Gasteiger partial charge on any atom is 0.249 e. The molecule has 0 aliphatic carbocycles. The van der Waals surface area contributed by atoms with Gasteiger partial charge in [0.05, 0.1) is 19.1 Å². The zero-order valence-electron chi connectivity index (χ0n) is 13.7. The molecule has 1 fully saturated rings. The van der Waals surface area contributed by atoms with Gasteiger partial charge in [0.15, 0.2) is 0 Å². The molecule has 0 bridgehead atoms. The number of piperidine rings is 1. The minimum Gasteiger partial charge on any atom is -0.303 e. The average molecular weight is 344 g/mol. The smallest absolute Gasteiger partial charge is 0.249 e. The lowest BCUT2D eigenvalue weighted by Crippen LogP contribution is -2.48. The second kappa shape index (κ2) is 7.15. The van der Waals surface area contributed by atoms with Gasteiger partial charge >= 0.3 is 0 Å². The summed E-state index contributed by atoms with van der Waals surface area (Å²) in [5, 5.41) is 1.97. The number of amides is 2. The number of nitrogens with one attached hydrogen (secondary N) is 1. The number of hydroxylamine groups is 1. The number of thiophene rings is 1. The Kier molecular flexibility index (Phi) is 4.97. The highest BCUT2D eigenvalue weighted by molar-refractivity contribution is 7.10. The molecule has 5 nitrogen and oxygen atoms in total. The number of hydrogen-bond acceptors (Lipinski definition) is 4. The van der Waals surface area contributed by atoms with Gasteiger partial charge in [0.1, 0.15) is 0 Å². The van der Waals surface area contributed by atoms with Crippen LogP contribution >= 0.6 is 11.3 Å². The second-order valence-electron chi connectivity index (χ2n) is 5.88. The molecule has 126 valence electrons. The summed E-state index contributed by atoms with van der Waals surface area (Å²) in [4.78, 5) is 32.7. The van der Waals surface area contributed by atoms with Crippen LogP contribution in [0.1, 0.15) is 29.3 Å². The third-order valence-corrected chi connectivity index (χ3v) is 5.23. The molecule has 1 aromatic heterocycles. The molecule has 0 radical (unpaired) electrons. The zero-order valence-corrected chi connectivity index (χ0v) is 14.5. The molecule has 2 aromatic rings. The van der Waals surface area contributed by atoms with Crippen LogP contribution in [0.4, 0.5) is 5.69 Å². The first kappa shape index (κ1) is 16.7. The van der Waals surface area contributed by atoms with Crippen molar-refractivity contribution in [3.8, 4) is 0 Å². The van der Waals surface area contributed by atoms with Gasteiger partial charge in [0.25, 0.3) is 0 Å². The SMILES string of the molecule is CONC(=O)[C@H]1CCC(=O)N(c2ccc(C)cc2)[C@@H]1c1cccs1. The van der Waals surface area contributed by atoms with Crippen molar-refractivity contribution in [3.63, 3.8) is 0 Å². The van der Waals surface area contributed by atoms with Crippen molar-refractivity contribution in [2.45, 2.75) is 25.8 Å². The number of carbonyl (C=O) groups is 2. The summed E-state index contributed by atoms with van der Waals surface area (Å²) in [5.41, 5.74) is 4.38. The number of anilines is 1. The van der Waals surface area contributed by atoms with Crippen LogP contribution in [0, 0.1) is 12.8 Å². The molecule has 0 saturated carbocycles. The van der Waals surface area contributed by atoms with Gasteiger partial charge in [-0.05, 0) is 36.9 Å². The molecule has 1 N–H and O–H groups in total. The Morgan fingerprint density at radius 3 is 2.67 bits per heavy atom. The highest BCUT2D eigenvalue weighted by Crippen LogP contribution is 2.41. The molecular formula is C18H20N2O3S. The lowest BCUT2D eigenvalue weighted by atomic mass is 9.86. The normalized spacial score (nSPS) is 20.9. The maximum atomic E-state index is 12.7. The molecule has 1 aliphatic rings. The molecule has 3 rings (SSSR count). The molecule has 1 saturated heterocycles. The number of hydrogen-bond donors (Lipinski definition) is 1.